The standard InChI is InChI=1S/C21H22ClN5O2/c1-13-3-5-15(6-4-13)18-11-17(14-7-9-16(22)10-8-14)23-21-25-20(26-27(18)21)24-19(28)12-29-2/h3-10,17-18H,11-12H2,1-2H3,(H2,23,24,25,26,28)/t17-,18-/m0/s1. The molecular weight excluding hydrogens is 390 g/mol. The van der Waals surface area contributed by atoms with E-state index >= 15 is 0 Å². The van der Waals surface area contributed by atoms with E-state index in [4.69, 9.17) is 16.3 Å². The Morgan fingerprint density at radius 3 is 2.59 bits per heavy atom. The molecule has 2 N–H and O–H groups in total. The van der Waals surface area contributed by atoms with Crippen LogP contribution in [0.25, 0.3) is 0 Å². The smallest absolute Gasteiger partial charge is 0.252 e. The molecule has 0 saturated carbocycles. The van der Waals surface area contributed by atoms with Crippen molar-refractivity contribution in [3.8, 4) is 0 Å². The first-order valence-electron chi connectivity index (χ1n) is 9.37. The van der Waals surface area contributed by atoms with Crippen LogP contribution in [0.15, 0.2) is 48.5 Å². The molecule has 0 unspecified atom stereocenters. The van der Waals surface area contributed by atoms with Gasteiger partial charge in [-0.2, -0.15) is 4.98 Å². The fraction of sp³-hybridized carbons (Fsp3) is 0.286. The first-order valence-corrected chi connectivity index (χ1v) is 9.75. The Kier molecular flexibility index (Phi) is 5.51. The third-order valence-electron chi connectivity index (χ3n) is 4.95. The van der Waals surface area contributed by atoms with Crippen LogP contribution in [0.5, 0.6) is 0 Å². The zero-order chi connectivity index (χ0) is 20.4. The summed E-state index contributed by atoms with van der Waals surface area (Å²) in [5, 5.41) is 11.3. The molecule has 8 heteroatoms. The molecule has 0 spiro atoms. The van der Waals surface area contributed by atoms with Crippen molar-refractivity contribution in [1.82, 2.24) is 14.8 Å². The van der Waals surface area contributed by atoms with Gasteiger partial charge in [-0.15, -0.1) is 5.10 Å². The van der Waals surface area contributed by atoms with E-state index in [0.717, 1.165) is 17.5 Å². The number of halogens is 1. The average molecular weight is 412 g/mol. The van der Waals surface area contributed by atoms with Gasteiger partial charge in [0, 0.05) is 12.1 Å². The maximum Gasteiger partial charge on any atom is 0.252 e. The molecule has 2 aromatic carbocycles. The zero-order valence-electron chi connectivity index (χ0n) is 16.2. The number of aryl methyl sites for hydroxylation is 1. The Hall–Kier alpha value is -2.90. The molecule has 1 aliphatic heterocycles. The molecule has 7 nitrogen and oxygen atoms in total. The number of methoxy groups -OCH3 is 1. The number of carbonyl (C=O) groups excluding carboxylic acids is 1. The van der Waals surface area contributed by atoms with Crippen LogP contribution >= 0.6 is 11.6 Å². The Bertz CT molecular complexity index is 1000. The number of rotatable bonds is 5. The molecule has 2 heterocycles. The van der Waals surface area contributed by atoms with E-state index in [2.05, 4.69) is 51.9 Å². The lowest BCUT2D eigenvalue weighted by molar-refractivity contribution is -0.119. The van der Waals surface area contributed by atoms with Crippen molar-refractivity contribution < 1.29 is 9.53 Å². The fourth-order valence-corrected chi connectivity index (χ4v) is 3.63. The second-order valence-electron chi connectivity index (χ2n) is 7.10. The topological polar surface area (TPSA) is 81.1 Å². The van der Waals surface area contributed by atoms with Gasteiger partial charge in [-0.3, -0.25) is 10.1 Å². The van der Waals surface area contributed by atoms with E-state index in [1.165, 1.54) is 12.7 Å². The Balaban J connectivity index is 1.69. The molecule has 1 amide bonds. The molecule has 0 saturated heterocycles. The minimum absolute atomic E-state index is 0.0203. The average Bonchev–Trinajstić information content (AvgIpc) is 3.11. The highest BCUT2D eigenvalue weighted by molar-refractivity contribution is 6.30. The first kappa shape index (κ1) is 19.4. The van der Waals surface area contributed by atoms with Crippen LogP contribution in [0.2, 0.25) is 5.02 Å². The molecule has 29 heavy (non-hydrogen) atoms. The minimum atomic E-state index is -0.295. The number of nitrogens with one attached hydrogen (secondary N) is 2. The number of carbonyl (C=O) groups is 1. The number of amides is 1. The highest BCUT2D eigenvalue weighted by Gasteiger charge is 2.31. The maximum atomic E-state index is 11.9. The summed E-state index contributed by atoms with van der Waals surface area (Å²) in [7, 11) is 1.47. The largest absolute Gasteiger partial charge is 0.375 e. The van der Waals surface area contributed by atoms with Crippen molar-refractivity contribution >= 4 is 29.4 Å². The van der Waals surface area contributed by atoms with E-state index in [-0.39, 0.29) is 30.5 Å². The van der Waals surface area contributed by atoms with Crippen molar-refractivity contribution in [3.63, 3.8) is 0 Å². The van der Waals surface area contributed by atoms with Crippen LogP contribution < -0.4 is 10.6 Å². The van der Waals surface area contributed by atoms with Gasteiger partial charge in [-0.05, 0) is 36.6 Å². The van der Waals surface area contributed by atoms with Gasteiger partial charge in [-0.25, -0.2) is 4.68 Å². The first-order chi connectivity index (χ1) is 14.0. The van der Waals surface area contributed by atoms with Gasteiger partial charge in [0.15, 0.2) is 0 Å². The number of benzene rings is 2. The molecule has 0 fully saturated rings. The molecule has 0 radical (unpaired) electrons. The van der Waals surface area contributed by atoms with Crippen LogP contribution in [0, 0.1) is 6.92 Å². The number of fused-ring (bicyclic) bond motifs is 1. The van der Waals surface area contributed by atoms with E-state index in [1.807, 2.05) is 28.9 Å². The van der Waals surface area contributed by atoms with Crippen molar-refractivity contribution in [2.45, 2.75) is 25.4 Å². The summed E-state index contributed by atoms with van der Waals surface area (Å²) in [4.78, 5) is 16.4. The van der Waals surface area contributed by atoms with Crippen molar-refractivity contribution in [2.75, 3.05) is 24.4 Å². The molecular formula is C21H22ClN5O2. The van der Waals surface area contributed by atoms with Gasteiger partial charge >= 0.3 is 0 Å². The van der Waals surface area contributed by atoms with Gasteiger partial charge in [-0.1, -0.05) is 53.6 Å². The third kappa shape index (κ3) is 4.26. The summed E-state index contributed by atoms with van der Waals surface area (Å²) >= 11 is 6.05. The van der Waals surface area contributed by atoms with Crippen LogP contribution in [0.4, 0.5) is 11.9 Å². The summed E-state index contributed by atoms with van der Waals surface area (Å²) in [6, 6.07) is 16.2. The molecule has 4 rings (SSSR count). The quantitative estimate of drug-likeness (QED) is 0.663. The number of aromatic nitrogens is 3. The van der Waals surface area contributed by atoms with Crippen molar-refractivity contribution in [1.29, 1.82) is 0 Å². The Morgan fingerprint density at radius 2 is 1.90 bits per heavy atom. The van der Waals surface area contributed by atoms with E-state index in [1.54, 1.807) is 0 Å². The number of hydrogen-bond donors (Lipinski definition) is 2. The summed E-state index contributed by atoms with van der Waals surface area (Å²) in [6.45, 7) is 2.01. The lowest BCUT2D eigenvalue weighted by Gasteiger charge is -2.31. The Morgan fingerprint density at radius 1 is 1.21 bits per heavy atom. The van der Waals surface area contributed by atoms with Crippen LogP contribution in [0.1, 0.15) is 35.2 Å². The SMILES string of the molecule is COCC(=O)Nc1nc2n(n1)[C@H](c1ccc(C)cc1)C[C@@H](c1ccc(Cl)cc1)N2. The summed E-state index contributed by atoms with van der Waals surface area (Å²) in [6.07, 6.45) is 0.784. The second-order valence-corrected chi connectivity index (χ2v) is 7.53. The predicted molar refractivity (Wildman–Crippen MR) is 112 cm³/mol. The summed E-state index contributed by atoms with van der Waals surface area (Å²) in [5.41, 5.74) is 3.45. The molecule has 150 valence electrons. The Labute approximate surface area is 174 Å². The van der Waals surface area contributed by atoms with E-state index in [0.29, 0.717) is 11.0 Å². The molecule has 2 atom stereocenters. The highest BCUT2D eigenvalue weighted by atomic mass is 35.5. The predicted octanol–water partition coefficient (Wildman–Crippen LogP) is 3.97. The number of ether oxygens (including phenoxy) is 1. The lowest BCUT2D eigenvalue weighted by atomic mass is 9.93. The van der Waals surface area contributed by atoms with Gasteiger partial charge in [0.05, 0.1) is 12.1 Å². The molecule has 1 aliphatic rings. The van der Waals surface area contributed by atoms with Crippen molar-refractivity contribution in [3.05, 3.63) is 70.2 Å². The van der Waals surface area contributed by atoms with Gasteiger partial charge in [0.1, 0.15) is 6.61 Å². The molecule has 0 aliphatic carbocycles. The summed E-state index contributed by atoms with van der Waals surface area (Å²) in [5.74, 6) is 0.564. The third-order valence-corrected chi connectivity index (χ3v) is 5.20. The zero-order valence-corrected chi connectivity index (χ0v) is 17.0. The van der Waals surface area contributed by atoms with Gasteiger partial charge in [0.2, 0.25) is 5.95 Å². The van der Waals surface area contributed by atoms with Crippen molar-refractivity contribution in [2.24, 2.45) is 0 Å². The maximum absolute atomic E-state index is 11.9. The van der Waals surface area contributed by atoms with E-state index < -0.39 is 0 Å². The normalized spacial score (nSPS) is 18.0. The second kappa shape index (κ2) is 8.23. The minimum Gasteiger partial charge on any atom is -0.375 e. The number of nitrogens with zero attached hydrogens (tertiary/aromatic N) is 3. The summed E-state index contributed by atoms with van der Waals surface area (Å²) < 4.78 is 6.70. The van der Waals surface area contributed by atoms with Crippen LogP contribution in [-0.4, -0.2) is 34.4 Å². The fourth-order valence-electron chi connectivity index (χ4n) is 3.50. The van der Waals surface area contributed by atoms with E-state index in [9.17, 15) is 4.79 Å². The monoisotopic (exact) mass is 411 g/mol. The molecule has 1 aromatic heterocycles. The molecule has 0 bridgehead atoms. The van der Waals surface area contributed by atoms with Crippen LogP contribution in [0.3, 0.4) is 0 Å². The van der Waals surface area contributed by atoms with Crippen LogP contribution in [-0.2, 0) is 9.53 Å². The molecule has 3 aromatic rings. The van der Waals surface area contributed by atoms with Gasteiger partial charge in [0.25, 0.3) is 11.9 Å². The number of hydrogen-bond acceptors (Lipinski definition) is 5. The number of anilines is 2. The van der Waals surface area contributed by atoms with Gasteiger partial charge < -0.3 is 10.1 Å². The lowest BCUT2D eigenvalue weighted by Crippen LogP contribution is -2.28. The highest BCUT2D eigenvalue weighted by Crippen LogP contribution is 2.38.